The van der Waals surface area contributed by atoms with Crippen LogP contribution in [0.2, 0.25) is 0 Å². The van der Waals surface area contributed by atoms with E-state index < -0.39 is 5.91 Å². The minimum absolute atomic E-state index is 0.175. The quantitative estimate of drug-likeness (QED) is 0.769. The lowest BCUT2D eigenvalue weighted by atomic mass is 10.0. The first-order valence-electron chi connectivity index (χ1n) is 6.76. The number of amides is 1. The van der Waals surface area contributed by atoms with E-state index in [0.29, 0.717) is 29.6 Å². The zero-order chi connectivity index (χ0) is 15.7. The van der Waals surface area contributed by atoms with Gasteiger partial charge in [0.1, 0.15) is 5.75 Å². The van der Waals surface area contributed by atoms with E-state index in [9.17, 15) is 9.90 Å². The number of carbonyl (C=O) groups excluding carboxylic acids is 1. The fourth-order valence-electron chi connectivity index (χ4n) is 2.59. The molecule has 1 amide bonds. The highest BCUT2D eigenvalue weighted by molar-refractivity contribution is 6.09. The van der Waals surface area contributed by atoms with Gasteiger partial charge in [-0.2, -0.15) is 0 Å². The number of aromatic hydroxyl groups is 1. The highest BCUT2D eigenvalue weighted by Gasteiger charge is 2.21. The lowest BCUT2D eigenvalue weighted by Crippen LogP contribution is -2.18. The SMILES string of the molecule is CN(C)Cc1[nH]c2ccc(O)c(CN(C)C)c2c1C(N)=O. The van der Waals surface area contributed by atoms with Crippen molar-refractivity contribution in [2.45, 2.75) is 13.1 Å². The van der Waals surface area contributed by atoms with Crippen LogP contribution in [0.15, 0.2) is 12.1 Å². The zero-order valence-corrected chi connectivity index (χ0v) is 12.9. The standard InChI is InChI=1S/C15H22N4O2/c1-18(2)7-9-12(20)6-5-10-13(9)14(15(16)21)11(17-10)8-19(3)4/h5-6,17,20H,7-8H2,1-4H3,(H2,16,21). The molecule has 21 heavy (non-hydrogen) atoms. The molecule has 0 saturated carbocycles. The summed E-state index contributed by atoms with van der Waals surface area (Å²) in [5, 5.41) is 10.9. The van der Waals surface area contributed by atoms with Crippen molar-refractivity contribution >= 4 is 16.8 Å². The third kappa shape index (κ3) is 3.01. The average molecular weight is 290 g/mol. The Balaban J connectivity index is 2.74. The van der Waals surface area contributed by atoms with Gasteiger partial charge in [0.05, 0.1) is 5.56 Å². The molecule has 1 aromatic carbocycles. The number of phenolic OH excluding ortho intramolecular Hbond substituents is 1. The monoisotopic (exact) mass is 290 g/mol. The second-order valence-electron chi connectivity index (χ2n) is 5.80. The lowest BCUT2D eigenvalue weighted by Gasteiger charge is -2.13. The average Bonchev–Trinajstić information content (AvgIpc) is 2.70. The molecular weight excluding hydrogens is 268 g/mol. The maximum absolute atomic E-state index is 11.9. The second kappa shape index (κ2) is 5.75. The second-order valence-corrected chi connectivity index (χ2v) is 5.80. The number of aromatic nitrogens is 1. The Morgan fingerprint density at radius 3 is 2.33 bits per heavy atom. The molecule has 0 bridgehead atoms. The van der Waals surface area contributed by atoms with Crippen LogP contribution >= 0.6 is 0 Å². The van der Waals surface area contributed by atoms with Gasteiger partial charge in [-0.15, -0.1) is 0 Å². The summed E-state index contributed by atoms with van der Waals surface area (Å²) in [5.74, 6) is -0.308. The topological polar surface area (TPSA) is 85.6 Å². The molecule has 0 radical (unpaired) electrons. The molecule has 6 heteroatoms. The molecule has 2 rings (SSSR count). The molecule has 0 spiro atoms. The van der Waals surface area contributed by atoms with Gasteiger partial charge in [0.15, 0.2) is 0 Å². The maximum Gasteiger partial charge on any atom is 0.251 e. The normalized spacial score (nSPS) is 11.7. The number of nitrogens with two attached hydrogens (primary N) is 1. The molecule has 6 nitrogen and oxygen atoms in total. The fraction of sp³-hybridized carbons (Fsp3) is 0.400. The molecule has 0 saturated heterocycles. The Hall–Kier alpha value is -2.05. The van der Waals surface area contributed by atoms with E-state index in [4.69, 9.17) is 5.73 Å². The van der Waals surface area contributed by atoms with Crippen LogP contribution in [0.1, 0.15) is 21.6 Å². The van der Waals surface area contributed by atoms with Gasteiger partial charge in [0, 0.05) is 35.2 Å². The summed E-state index contributed by atoms with van der Waals surface area (Å²) in [4.78, 5) is 19.1. The van der Waals surface area contributed by atoms with Crippen molar-refractivity contribution in [3.63, 3.8) is 0 Å². The van der Waals surface area contributed by atoms with Gasteiger partial charge in [-0.3, -0.25) is 4.79 Å². The molecule has 0 atom stereocenters. The Labute approximate surface area is 124 Å². The number of nitrogens with zero attached hydrogens (tertiary/aromatic N) is 2. The first kappa shape index (κ1) is 15.3. The Bertz CT molecular complexity index is 674. The van der Waals surface area contributed by atoms with Gasteiger partial charge in [0.25, 0.3) is 5.91 Å². The van der Waals surface area contributed by atoms with Gasteiger partial charge >= 0.3 is 0 Å². The zero-order valence-electron chi connectivity index (χ0n) is 12.9. The minimum atomic E-state index is -0.483. The highest BCUT2D eigenvalue weighted by Crippen LogP contribution is 2.32. The number of carbonyl (C=O) groups is 1. The molecule has 0 aliphatic rings. The first-order valence-corrected chi connectivity index (χ1v) is 6.76. The predicted molar refractivity (Wildman–Crippen MR) is 83.3 cm³/mol. The Morgan fingerprint density at radius 2 is 1.81 bits per heavy atom. The van der Waals surface area contributed by atoms with E-state index in [1.54, 1.807) is 12.1 Å². The van der Waals surface area contributed by atoms with E-state index in [1.165, 1.54) is 0 Å². The summed E-state index contributed by atoms with van der Waals surface area (Å²) in [6, 6.07) is 3.41. The van der Waals surface area contributed by atoms with E-state index in [1.807, 2.05) is 38.0 Å². The van der Waals surface area contributed by atoms with E-state index in [-0.39, 0.29) is 5.75 Å². The van der Waals surface area contributed by atoms with E-state index in [2.05, 4.69) is 4.98 Å². The third-order valence-electron chi connectivity index (χ3n) is 3.32. The van der Waals surface area contributed by atoms with Crippen LogP contribution < -0.4 is 5.73 Å². The smallest absolute Gasteiger partial charge is 0.251 e. The van der Waals surface area contributed by atoms with Crippen molar-refractivity contribution in [3.05, 3.63) is 29.0 Å². The number of hydrogen-bond acceptors (Lipinski definition) is 4. The molecule has 0 unspecified atom stereocenters. The molecule has 4 N–H and O–H groups in total. The van der Waals surface area contributed by atoms with Crippen LogP contribution in [0.4, 0.5) is 0 Å². The van der Waals surface area contributed by atoms with Crippen LogP contribution in [0, 0.1) is 0 Å². The molecular formula is C15H22N4O2. The molecule has 114 valence electrons. The Morgan fingerprint density at radius 1 is 1.19 bits per heavy atom. The molecule has 1 aromatic heterocycles. The molecule has 1 heterocycles. The van der Waals surface area contributed by atoms with Crippen LogP contribution in [-0.2, 0) is 13.1 Å². The molecule has 0 aliphatic carbocycles. The van der Waals surface area contributed by atoms with E-state index in [0.717, 1.165) is 11.2 Å². The van der Waals surface area contributed by atoms with Gasteiger partial charge < -0.3 is 25.6 Å². The number of phenols is 1. The fourth-order valence-corrected chi connectivity index (χ4v) is 2.59. The van der Waals surface area contributed by atoms with Crippen molar-refractivity contribution in [1.82, 2.24) is 14.8 Å². The van der Waals surface area contributed by atoms with Crippen molar-refractivity contribution in [2.75, 3.05) is 28.2 Å². The maximum atomic E-state index is 11.9. The van der Waals surface area contributed by atoms with Crippen LogP contribution in [0.5, 0.6) is 5.75 Å². The summed E-state index contributed by atoms with van der Waals surface area (Å²) < 4.78 is 0. The number of H-pyrrole nitrogens is 1. The molecule has 2 aromatic rings. The van der Waals surface area contributed by atoms with Crippen molar-refractivity contribution in [3.8, 4) is 5.75 Å². The van der Waals surface area contributed by atoms with Crippen LogP contribution in [-0.4, -0.2) is 54.0 Å². The van der Waals surface area contributed by atoms with Gasteiger partial charge in [0.2, 0.25) is 0 Å². The predicted octanol–water partition coefficient (Wildman–Crippen LogP) is 1.10. The number of rotatable bonds is 5. The lowest BCUT2D eigenvalue weighted by molar-refractivity contribution is 0.100. The summed E-state index contributed by atoms with van der Waals surface area (Å²) in [6.07, 6.45) is 0. The van der Waals surface area contributed by atoms with Crippen molar-refractivity contribution < 1.29 is 9.90 Å². The van der Waals surface area contributed by atoms with Gasteiger partial charge in [-0.05, 0) is 40.3 Å². The summed E-state index contributed by atoms with van der Waals surface area (Å²) in [5.41, 5.74) is 8.34. The van der Waals surface area contributed by atoms with Gasteiger partial charge in [-0.25, -0.2) is 0 Å². The number of nitrogens with one attached hydrogen (secondary N) is 1. The van der Waals surface area contributed by atoms with Crippen molar-refractivity contribution in [2.24, 2.45) is 5.73 Å². The van der Waals surface area contributed by atoms with Crippen LogP contribution in [0.25, 0.3) is 10.9 Å². The number of hydrogen-bond donors (Lipinski definition) is 3. The minimum Gasteiger partial charge on any atom is -0.508 e. The van der Waals surface area contributed by atoms with Crippen LogP contribution in [0.3, 0.4) is 0 Å². The number of benzene rings is 1. The number of primary amides is 1. The summed E-state index contributed by atoms with van der Waals surface area (Å²) >= 11 is 0. The number of aromatic amines is 1. The highest BCUT2D eigenvalue weighted by atomic mass is 16.3. The molecule has 0 aliphatic heterocycles. The third-order valence-corrected chi connectivity index (χ3v) is 3.32. The number of fused-ring (bicyclic) bond motifs is 1. The first-order chi connectivity index (χ1) is 9.81. The largest absolute Gasteiger partial charge is 0.508 e. The Kier molecular flexibility index (Phi) is 4.20. The van der Waals surface area contributed by atoms with E-state index >= 15 is 0 Å². The van der Waals surface area contributed by atoms with Gasteiger partial charge in [-0.1, -0.05) is 0 Å². The molecule has 0 fully saturated rings. The summed E-state index contributed by atoms with van der Waals surface area (Å²) in [6.45, 7) is 1.11. The van der Waals surface area contributed by atoms with Crippen molar-refractivity contribution in [1.29, 1.82) is 0 Å². The summed E-state index contributed by atoms with van der Waals surface area (Å²) in [7, 11) is 7.67.